The fourth-order valence-electron chi connectivity index (χ4n) is 1.23. The summed E-state index contributed by atoms with van der Waals surface area (Å²) in [5, 5.41) is 0. The van der Waals surface area contributed by atoms with Gasteiger partial charge in [-0.05, 0) is 25.5 Å². The monoisotopic (exact) mass is 192 g/mol. The molecule has 14 heavy (non-hydrogen) atoms. The quantitative estimate of drug-likeness (QED) is 0.505. The Balaban J connectivity index is 2.96. The highest BCUT2D eigenvalue weighted by Gasteiger charge is 2.11. The molecule has 0 aliphatic rings. The van der Waals surface area contributed by atoms with Crippen molar-refractivity contribution >= 4 is 11.9 Å². The molecule has 0 aliphatic carbocycles. The van der Waals surface area contributed by atoms with Crippen LogP contribution in [0.4, 0.5) is 0 Å². The number of rotatable bonds is 1. The molecule has 1 aromatic rings. The van der Waals surface area contributed by atoms with Crippen LogP contribution in [0, 0.1) is 13.8 Å². The van der Waals surface area contributed by atoms with Gasteiger partial charge in [0.25, 0.3) is 0 Å². The summed E-state index contributed by atoms with van der Waals surface area (Å²) in [6.07, 6.45) is 0. The van der Waals surface area contributed by atoms with Crippen molar-refractivity contribution in [3.8, 4) is 0 Å². The average Bonchev–Trinajstić information content (AvgIpc) is 2.01. The summed E-state index contributed by atoms with van der Waals surface area (Å²) in [5.41, 5.74) is 2.32. The van der Waals surface area contributed by atoms with Crippen molar-refractivity contribution in [3.63, 3.8) is 0 Å². The van der Waals surface area contributed by atoms with E-state index in [4.69, 9.17) is 0 Å². The van der Waals surface area contributed by atoms with Gasteiger partial charge in [-0.2, -0.15) is 0 Å². The summed E-state index contributed by atoms with van der Waals surface area (Å²) in [4.78, 5) is 21.9. The number of carbonyl (C=O) groups excluding carboxylic acids is 2. The van der Waals surface area contributed by atoms with Crippen molar-refractivity contribution < 1.29 is 14.3 Å². The first-order chi connectivity index (χ1) is 6.50. The molecule has 0 aliphatic heterocycles. The molecule has 0 heterocycles. The summed E-state index contributed by atoms with van der Waals surface area (Å²) in [7, 11) is 0. The van der Waals surface area contributed by atoms with Crippen molar-refractivity contribution in [2.24, 2.45) is 0 Å². The van der Waals surface area contributed by atoms with Crippen LogP contribution in [0.25, 0.3) is 0 Å². The van der Waals surface area contributed by atoms with Crippen molar-refractivity contribution in [1.29, 1.82) is 0 Å². The molecular weight excluding hydrogens is 180 g/mol. The second kappa shape index (κ2) is 4.05. The van der Waals surface area contributed by atoms with E-state index >= 15 is 0 Å². The van der Waals surface area contributed by atoms with Gasteiger partial charge in [-0.25, -0.2) is 4.79 Å². The molecular formula is C11H12O3. The van der Waals surface area contributed by atoms with Gasteiger partial charge in [0.15, 0.2) is 0 Å². The molecule has 0 bridgehead atoms. The lowest BCUT2D eigenvalue weighted by molar-refractivity contribution is -0.135. The second-order valence-electron chi connectivity index (χ2n) is 3.20. The summed E-state index contributed by atoms with van der Waals surface area (Å²) in [6, 6.07) is 5.34. The summed E-state index contributed by atoms with van der Waals surface area (Å²) >= 11 is 0. The zero-order valence-electron chi connectivity index (χ0n) is 8.46. The Morgan fingerprint density at radius 1 is 1.21 bits per heavy atom. The third kappa shape index (κ3) is 2.42. The molecule has 1 aromatic carbocycles. The molecule has 0 saturated carbocycles. The van der Waals surface area contributed by atoms with Crippen molar-refractivity contribution in [2.45, 2.75) is 20.8 Å². The van der Waals surface area contributed by atoms with Crippen LogP contribution in [-0.2, 0) is 9.53 Å². The van der Waals surface area contributed by atoms with E-state index < -0.39 is 11.9 Å². The van der Waals surface area contributed by atoms with E-state index in [0.717, 1.165) is 11.1 Å². The topological polar surface area (TPSA) is 43.4 Å². The Morgan fingerprint density at radius 3 is 2.36 bits per heavy atom. The molecule has 0 unspecified atom stereocenters. The van der Waals surface area contributed by atoms with E-state index in [9.17, 15) is 9.59 Å². The summed E-state index contributed by atoms with van der Waals surface area (Å²) < 4.78 is 4.48. The van der Waals surface area contributed by atoms with Crippen LogP contribution in [0.2, 0.25) is 0 Å². The fraction of sp³-hybridized carbons (Fsp3) is 0.273. The average molecular weight is 192 g/mol. The van der Waals surface area contributed by atoms with Crippen LogP contribution < -0.4 is 0 Å². The van der Waals surface area contributed by atoms with E-state index in [1.54, 1.807) is 6.07 Å². The molecule has 3 heteroatoms. The van der Waals surface area contributed by atoms with E-state index in [2.05, 4.69) is 4.74 Å². The Bertz CT molecular complexity index is 380. The standard InChI is InChI=1S/C11H12O3/c1-7-4-5-10(8(2)6-7)11(13)14-9(3)12/h4-6H,1-3H3. The van der Waals surface area contributed by atoms with Gasteiger partial charge in [-0.1, -0.05) is 17.7 Å². The van der Waals surface area contributed by atoms with Gasteiger partial charge < -0.3 is 4.74 Å². The molecule has 0 N–H and O–H groups in total. The minimum Gasteiger partial charge on any atom is -0.390 e. The molecule has 0 atom stereocenters. The van der Waals surface area contributed by atoms with Crippen LogP contribution in [-0.4, -0.2) is 11.9 Å². The van der Waals surface area contributed by atoms with Gasteiger partial charge in [0.1, 0.15) is 0 Å². The van der Waals surface area contributed by atoms with Gasteiger partial charge in [-0.15, -0.1) is 0 Å². The lowest BCUT2D eigenvalue weighted by atomic mass is 10.1. The molecule has 0 spiro atoms. The number of ether oxygens (including phenoxy) is 1. The lowest BCUT2D eigenvalue weighted by Gasteiger charge is -2.04. The predicted octanol–water partition coefficient (Wildman–Crippen LogP) is 2.01. The number of benzene rings is 1. The maximum Gasteiger partial charge on any atom is 0.346 e. The second-order valence-corrected chi connectivity index (χ2v) is 3.20. The Morgan fingerprint density at radius 2 is 1.86 bits per heavy atom. The van der Waals surface area contributed by atoms with Crippen LogP contribution >= 0.6 is 0 Å². The van der Waals surface area contributed by atoms with Crippen molar-refractivity contribution in [2.75, 3.05) is 0 Å². The molecule has 74 valence electrons. The van der Waals surface area contributed by atoms with E-state index in [1.807, 2.05) is 26.0 Å². The predicted molar refractivity (Wildman–Crippen MR) is 52.0 cm³/mol. The summed E-state index contributed by atoms with van der Waals surface area (Å²) in [5.74, 6) is -1.18. The number of aryl methyl sites for hydroxylation is 2. The molecule has 3 nitrogen and oxygen atoms in total. The molecule has 0 fully saturated rings. The zero-order chi connectivity index (χ0) is 10.7. The minimum atomic E-state index is -0.588. The van der Waals surface area contributed by atoms with Gasteiger partial charge in [-0.3, -0.25) is 4.79 Å². The highest BCUT2D eigenvalue weighted by atomic mass is 16.6. The molecule has 1 rings (SSSR count). The van der Waals surface area contributed by atoms with Gasteiger partial charge in [0, 0.05) is 6.92 Å². The van der Waals surface area contributed by atoms with Crippen molar-refractivity contribution in [3.05, 3.63) is 34.9 Å². The number of hydrogen-bond acceptors (Lipinski definition) is 3. The fourth-order valence-corrected chi connectivity index (χ4v) is 1.23. The van der Waals surface area contributed by atoms with Crippen LogP contribution in [0.15, 0.2) is 18.2 Å². The van der Waals surface area contributed by atoms with Crippen LogP contribution in [0.1, 0.15) is 28.4 Å². The highest BCUT2D eigenvalue weighted by molar-refractivity contribution is 5.97. The van der Waals surface area contributed by atoms with Crippen LogP contribution in [0.5, 0.6) is 0 Å². The van der Waals surface area contributed by atoms with E-state index in [0.29, 0.717) is 5.56 Å². The zero-order valence-corrected chi connectivity index (χ0v) is 8.46. The smallest absolute Gasteiger partial charge is 0.346 e. The minimum absolute atomic E-state index is 0.436. The largest absolute Gasteiger partial charge is 0.390 e. The molecule has 0 radical (unpaired) electrons. The molecule has 0 aromatic heterocycles. The van der Waals surface area contributed by atoms with Crippen LogP contribution in [0.3, 0.4) is 0 Å². The third-order valence-electron chi connectivity index (χ3n) is 1.84. The van der Waals surface area contributed by atoms with Gasteiger partial charge in [0.05, 0.1) is 5.56 Å². The number of hydrogen-bond donors (Lipinski definition) is 0. The van der Waals surface area contributed by atoms with Gasteiger partial charge >= 0.3 is 11.9 Å². The number of carbonyl (C=O) groups is 2. The first-order valence-corrected chi connectivity index (χ1v) is 4.30. The summed E-state index contributed by atoms with van der Waals surface area (Å²) in [6.45, 7) is 4.96. The number of esters is 2. The Kier molecular flexibility index (Phi) is 3.02. The molecule has 0 saturated heterocycles. The molecule has 0 amide bonds. The maximum absolute atomic E-state index is 11.3. The normalized spacial score (nSPS) is 9.64. The lowest BCUT2D eigenvalue weighted by Crippen LogP contribution is -2.10. The van der Waals surface area contributed by atoms with Gasteiger partial charge in [0.2, 0.25) is 0 Å². The van der Waals surface area contributed by atoms with Crippen molar-refractivity contribution in [1.82, 2.24) is 0 Å². The first-order valence-electron chi connectivity index (χ1n) is 4.30. The third-order valence-corrected chi connectivity index (χ3v) is 1.84. The first kappa shape index (κ1) is 10.4. The SMILES string of the molecule is CC(=O)OC(=O)c1ccc(C)cc1C. The Hall–Kier alpha value is -1.64. The van der Waals surface area contributed by atoms with E-state index in [-0.39, 0.29) is 0 Å². The van der Waals surface area contributed by atoms with E-state index in [1.165, 1.54) is 6.92 Å². The maximum atomic E-state index is 11.3. The highest BCUT2D eigenvalue weighted by Crippen LogP contribution is 2.11. The Labute approximate surface area is 82.7 Å².